The summed E-state index contributed by atoms with van der Waals surface area (Å²) >= 11 is 0. The molecule has 0 unspecified atom stereocenters. The minimum absolute atomic E-state index is 0.0310. The summed E-state index contributed by atoms with van der Waals surface area (Å²) in [6, 6.07) is 7.38. The van der Waals surface area contributed by atoms with Crippen LogP contribution in [0.5, 0.6) is 5.75 Å². The fourth-order valence-corrected chi connectivity index (χ4v) is 3.38. The highest BCUT2D eigenvalue weighted by Gasteiger charge is 2.57. The molecule has 2 fully saturated rings. The van der Waals surface area contributed by atoms with Gasteiger partial charge in [0, 0.05) is 24.7 Å². The zero-order chi connectivity index (χ0) is 18.7. The van der Waals surface area contributed by atoms with Crippen molar-refractivity contribution in [2.45, 2.75) is 38.1 Å². The number of aliphatic carboxylic acids is 1. The van der Waals surface area contributed by atoms with E-state index in [1.807, 2.05) is 24.3 Å². The number of carbonyl (C=O) groups is 3. The Bertz CT molecular complexity index is 706. The van der Waals surface area contributed by atoms with Crippen molar-refractivity contribution < 1.29 is 24.2 Å². The molecule has 3 rings (SSSR count). The number of para-hydroxylation sites is 1. The van der Waals surface area contributed by atoms with Gasteiger partial charge in [-0.2, -0.15) is 0 Å². The van der Waals surface area contributed by atoms with Crippen LogP contribution in [0.15, 0.2) is 24.3 Å². The molecule has 1 aromatic rings. The molecule has 0 aromatic heterocycles. The van der Waals surface area contributed by atoms with E-state index in [9.17, 15) is 19.5 Å². The van der Waals surface area contributed by atoms with Crippen LogP contribution in [-0.2, 0) is 20.8 Å². The Balaban J connectivity index is 1.50. The van der Waals surface area contributed by atoms with E-state index in [4.69, 9.17) is 4.74 Å². The van der Waals surface area contributed by atoms with Crippen molar-refractivity contribution in [3.8, 4) is 5.75 Å². The summed E-state index contributed by atoms with van der Waals surface area (Å²) in [5.41, 5.74) is -0.357. The summed E-state index contributed by atoms with van der Waals surface area (Å²) in [5.74, 6) is -0.696. The van der Waals surface area contributed by atoms with Gasteiger partial charge in [-0.15, -0.1) is 0 Å². The molecule has 1 heterocycles. The monoisotopic (exact) mass is 360 g/mol. The molecule has 0 radical (unpaired) electrons. The standard InChI is InChI=1S/C19H24N2O5/c1-26-15-5-3-2-4-13(15)12-16(22)21-10-6-14(7-11-21)20-17(23)19(8-9-19)18(24)25/h2-5,14H,6-12H2,1H3,(H,20,23)(H,24,25). The molecular formula is C19H24N2O5. The largest absolute Gasteiger partial charge is 0.496 e. The molecule has 0 atom stereocenters. The van der Waals surface area contributed by atoms with Crippen LogP contribution >= 0.6 is 0 Å². The second-order valence-electron chi connectivity index (χ2n) is 7.00. The Morgan fingerprint density at radius 2 is 1.88 bits per heavy atom. The molecule has 7 nitrogen and oxygen atoms in total. The number of piperidine rings is 1. The van der Waals surface area contributed by atoms with E-state index >= 15 is 0 Å². The fourth-order valence-electron chi connectivity index (χ4n) is 3.38. The van der Waals surface area contributed by atoms with E-state index in [2.05, 4.69) is 5.32 Å². The number of nitrogens with zero attached hydrogens (tertiary/aromatic N) is 1. The average molecular weight is 360 g/mol. The first kappa shape index (κ1) is 18.2. The van der Waals surface area contributed by atoms with Gasteiger partial charge >= 0.3 is 5.97 Å². The predicted octanol–water partition coefficient (Wildman–Crippen LogP) is 1.21. The third kappa shape index (κ3) is 3.66. The van der Waals surface area contributed by atoms with Crippen LogP contribution < -0.4 is 10.1 Å². The number of hydrogen-bond acceptors (Lipinski definition) is 4. The molecular weight excluding hydrogens is 336 g/mol. The number of carboxylic acids is 1. The van der Waals surface area contributed by atoms with Gasteiger partial charge in [-0.3, -0.25) is 14.4 Å². The van der Waals surface area contributed by atoms with Gasteiger partial charge in [0.2, 0.25) is 11.8 Å². The number of methoxy groups -OCH3 is 1. The number of carboxylic acid groups (broad SMARTS) is 1. The Morgan fingerprint density at radius 1 is 1.23 bits per heavy atom. The van der Waals surface area contributed by atoms with E-state index in [1.54, 1.807) is 12.0 Å². The number of benzene rings is 1. The number of hydrogen-bond donors (Lipinski definition) is 2. The number of nitrogens with one attached hydrogen (secondary N) is 1. The van der Waals surface area contributed by atoms with E-state index in [-0.39, 0.29) is 24.3 Å². The number of carbonyl (C=O) groups excluding carboxylic acids is 2. The van der Waals surface area contributed by atoms with Gasteiger partial charge in [0.1, 0.15) is 11.2 Å². The second-order valence-corrected chi connectivity index (χ2v) is 7.00. The Kier molecular flexibility index (Phi) is 5.15. The Hall–Kier alpha value is -2.57. The average Bonchev–Trinajstić information content (AvgIpc) is 3.45. The van der Waals surface area contributed by atoms with Crippen molar-refractivity contribution in [3.63, 3.8) is 0 Å². The third-order valence-electron chi connectivity index (χ3n) is 5.31. The zero-order valence-electron chi connectivity index (χ0n) is 14.9. The lowest BCUT2D eigenvalue weighted by molar-refractivity contribution is -0.149. The highest BCUT2D eigenvalue weighted by molar-refractivity contribution is 6.04. The first-order chi connectivity index (χ1) is 12.5. The van der Waals surface area contributed by atoms with Gasteiger partial charge in [0.25, 0.3) is 0 Å². The van der Waals surface area contributed by atoms with Crippen molar-refractivity contribution in [1.29, 1.82) is 0 Å². The van der Waals surface area contributed by atoms with Crippen LogP contribution in [0.1, 0.15) is 31.2 Å². The van der Waals surface area contributed by atoms with Crippen molar-refractivity contribution in [2.24, 2.45) is 5.41 Å². The van der Waals surface area contributed by atoms with Crippen LogP contribution in [0, 0.1) is 5.41 Å². The van der Waals surface area contributed by atoms with Crippen LogP contribution in [0.4, 0.5) is 0 Å². The number of amides is 2. The van der Waals surface area contributed by atoms with E-state index in [0.29, 0.717) is 44.5 Å². The van der Waals surface area contributed by atoms with Crippen molar-refractivity contribution >= 4 is 17.8 Å². The molecule has 2 amide bonds. The number of likely N-dealkylation sites (tertiary alicyclic amines) is 1. The smallest absolute Gasteiger partial charge is 0.319 e. The van der Waals surface area contributed by atoms with Crippen LogP contribution in [-0.4, -0.2) is 54.0 Å². The summed E-state index contributed by atoms with van der Waals surface area (Å²) in [7, 11) is 1.58. The van der Waals surface area contributed by atoms with Gasteiger partial charge in [0.05, 0.1) is 13.5 Å². The van der Waals surface area contributed by atoms with E-state index in [0.717, 1.165) is 5.56 Å². The van der Waals surface area contributed by atoms with Gasteiger partial charge in [0.15, 0.2) is 0 Å². The Morgan fingerprint density at radius 3 is 2.46 bits per heavy atom. The van der Waals surface area contributed by atoms with Gasteiger partial charge in [-0.25, -0.2) is 0 Å². The molecule has 0 bridgehead atoms. The van der Waals surface area contributed by atoms with Crippen LogP contribution in [0.25, 0.3) is 0 Å². The topological polar surface area (TPSA) is 95.9 Å². The van der Waals surface area contributed by atoms with Gasteiger partial charge < -0.3 is 20.1 Å². The zero-order valence-corrected chi connectivity index (χ0v) is 14.9. The molecule has 2 aliphatic rings. The van der Waals surface area contributed by atoms with Crippen molar-refractivity contribution in [3.05, 3.63) is 29.8 Å². The minimum Gasteiger partial charge on any atom is -0.496 e. The van der Waals surface area contributed by atoms with Crippen LogP contribution in [0.2, 0.25) is 0 Å². The lowest BCUT2D eigenvalue weighted by atomic mass is 10.0. The number of rotatable bonds is 6. The molecule has 1 aliphatic heterocycles. The third-order valence-corrected chi connectivity index (χ3v) is 5.31. The predicted molar refractivity (Wildman–Crippen MR) is 93.7 cm³/mol. The minimum atomic E-state index is -1.21. The maximum Gasteiger partial charge on any atom is 0.319 e. The summed E-state index contributed by atoms with van der Waals surface area (Å²) < 4.78 is 5.29. The quantitative estimate of drug-likeness (QED) is 0.744. The highest BCUT2D eigenvalue weighted by Crippen LogP contribution is 2.46. The molecule has 0 spiro atoms. The summed E-state index contributed by atoms with van der Waals surface area (Å²) in [4.78, 5) is 37.7. The van der Waals surface area contributed by atoms with E-state index in [1.165, 1.54) is 0 Å². The molecule has 140 valence electrons. The molecule has 1 saturated heterocycles. The maximum atomic E-state index is 12.5. The molecule has 1 aliphatic carbocycles. The van der Waals surface area contributed by atoms with Crippen LogP contribution in [0.3, 0.4) is 0 Å². The lowest BCUT2D eigenvalue weighted by Gasteiger charge is -2.33. The Labute approximate surface area is 152 Å². The number of ether oxygens (including phenoxy) is 1. The van der Waals surface area contributed by atoms with Crippen molar-refractivity contribution in [1.82, 2.24) is 10.2 Å². The second kappa shape index (κ2) is 7.35. The SMILES string of the molecule is COc1ccccc1CC(=O)N1CCC(NC(=O)C2(C(=O)O)CC2)CC1. The van der Waals surface area contributed by atoms with Crippen molar-refractivity contribution in [2.75, 3.05) is 20.2 Å². The lowest BCUT2D eigenvalue weighted by Crippen LogP contribution is -2.49. The first-order valence-corrected chi connectivity index (χ1v) is 8.90. The van der Waals surface area contributed by atoms with Gasteiger partial charge in [-0.05, 0) is 31.7 Å². The molecule has 2 N–H and O–H groups in total. The highest BCUT2D eigenvalue weighted by atomic mass is 16.5. The van der Waals surface area contributed by atoms with E-state index < -0.39 is 11.4 Å². The molecule has 7 heteroatoms. The summed E-state index contributed by atoms with van der Waals surface area (Å²) in [6.45, 7) is 1.11. The maximum absolute atomic E-state index is 12.5. The summed E-state index contributed by atoms with van der Waals surface area (Å²) in [6.07, 6.45) is 2.37. The normalized spacial score (nSPS) is 18.9. The first-order valence-electron chi connectivity index (χ1n) is 8.90. The molecule has 1 saturated carbocycles. The van der Waals surface area contributed by atoms with Gasteiger partial charge in [-0.1, -0.05) is 18.2 Å². The molecule has 26 heavy (non-hydrogen) atoms. The fraction of sp³-hybridized carbons (Fsp3) is 0.526. The summed E-state index contributed by atoms with van der Waals surface area (Å²) in [5, 5.41) is 12.0. The molecule has 1 aromatic carbocycles.